The monoisotopic (exact) mass is 504 g/mol. The molecule has 1 aliphatic heterocycles. The largest absolute Gasteiger partial charge is 0.382 e. The van der Waals surface area contributed by atoms with Crippen LogP contribution in [0.5, 0.6) is 0 Å². The molecule has 28 heavy (non-hydrogen) atoms. The van der Waals surface area contributed by atoms with Crippen molar-refractivity contribution in [2.24, 2.45) is 10.9 Å². The fourth-order valence-corrected chi connectivity index (χ4v) is 3.15. The summed E-state index contributed by atoms with van der Waals surface area (Å²) in [6.45, 7) is 7.11. The number of aliphatic imine (C=N–C) groups is 1. The van der Waals surface area contributed by atoms with Crippen LogP contribution in [0.2, 0.25) is 0 Å². The van der Waals surface area contributed by atoms with Crippen molar-refractivity contribution in [2.75, 3.05) is 53.6 Å². The molecule has 0 spiro atoms. The summed E-state index contributed by atoms with van der Waals surface area (Å²) in [5.41, 5.74) is 1.74. The normalized spacial score (nSPS) is 16.6. The molecule has 0 aromatic heterocycles. The van der Waals surface area contributed by atoms with Gasteiger partial charge in [-0.1, -0.05) is 12.1 Å². The molecule has 0 radical (unpaired) electrons. The van der Waals surface area contributed by atoms with Crippen LogP contribution < -0.4 is 10.6 Å². The maximum absolute atomic E-state index is 12.0. The molecule has 8 heteroatoms. The Kier molecular flexibility index (Phi) is 12.1. The summed E-state index contributed by atoms with van der Waals surface area (Å²) < 4.78 is 10.7. The maximum atomic E-state index is 12.0. The third-order valence-corrected chi connectivity index (χ3v) is 4.56. The van der Waals surface area contributed by atoms with Crippen molar-refractivity contribution in [3.63, 3.8) is 0 Å². The zero-order chi connectivity index (χ0) is 19.5. The number of likely N-dealkylation sites (tertiary alicyclic amines) is 1. The summed E-state index contributed by atoms with van der Waals surface area (Å²) >= 11 is 0. The van der Waals surface area contributed by atoms with Gasteiger partial charge in [-0.25, -0.2) is 0 Å². The van der Waals surface area contributed by atoms with Gasteiger partial charge in [0.25, 0.3) is 5.91 Å². The van der Waals surface area contributed by atoms with E-state index in [2.05, 4.69) is 20.5 Å². The number of halogens is 1. The van der Waals surface area contributed by atoms with Gasteiger partial charge in [0.05, 0.1) is 19.8 Å². The van der Waals surface area contributed by atoms with E-state index in [0.29, 0.717) is 37.8 Å². The second-order valence-corrected chi connectivity index (χ2v) is 6.63. The minimum absolute atomic E-state index is 0. The van der Waals surface area contributed by atoms with Crippen LogP contribution in [0.1, 0.15) is 29.3 Å². The van der Waals surface area contributed by atoms with Crippen molar-refractivity contribution in [3.05, 3.63) is 35.4 Å². The predicted molar refractivity (Wildman–Crippen MR) is 122 cm³/mol. The highest BCUT2D eigenvalue weighted by Gasteiger charge is 2.24. The van der Waals surface area contributed by atoms with Crippen LogP contribution in [0, 0.1) is 5.92 Å². The number of nitrogens with one attached hydrogen (secondary N) is 2. The van der Waals surface area contributed by atoms with Gasteiger partial charge < -0.3 is 25.0 Å². The van der Waals surface area contributed by atoms with Crippen molar-refractivity contribution in [1.82, 2.24) is 15.5 Å². The average Bonchev–Trinajstić information content (AvgIpc) is 3.15. The molecule has 0 saturated carbocycles. The Morgan fingerprint density at radius 3 is 2.86 bits per heavy atom. The second kappa shape index (κ2) is 13.7. The quantitative estimate of drug-likeness (QED) is 0.233. The standard InChI is InChI=1S/C20H32N4O3.HI/c1-4-22-19(25)18-7-5-6-16(12-18)13-23-20(21-2)24-9-8-17(14-24)15-27-11-10-26-3;/h5-7,12,17H,4,8-11,13-15H2,1-3H3,(H,21,23)(H,22,25);1H. The molecule has 2 rings (SSSR count). The van der Waals surface area contributed by atoms with Gasteiger partial charge in [-0.2, -0.15) is 0 Å². The minimum atomic E-state index is -0.0420. The zero-order valence-electron chi connectivity index (χ0n) is 17.1. The van der Waals surface area contributed by atoms with E-state index in [1.165, 1.54) is 0 Å². The fraction of sp³-hybridized carbons (Fsp3) is 0.600. The summed E-state index contributed by atoms with van der Waals surface area (Å²) in [7, 11) is 3.48. The highest BCUT2D eigenvalue weighted by molar-refractivity contribution is 14.0. The van der Waals surface area contributed by atoms with Gasteiger partial charge in [-0.3, -0.25) is 9.79 Å². The van der Waals surface area contributed by atoms with Crippen LogP contribution >= 0.6 is 24.0 Å². The summed E-state index contributed by atoms with van der Waals surface area (Å²) in [5.74, 6) is 1.36. The Balaban J connectivity index is 0.00000392. The number of hydrogen-bond donors (Lipinski definition) is 2. The van der Waals surface area contributed by atoms with Gasteiger partial charge in [0.1, 0.15) is 0 Å². The molecule has 1 fully saturated rings. The molecule has 1 aromatic carbocycles. The van der Waals surface area contributed by atoms with Gasteiger partial charge in [-0.05, 0) is 31.0 Å². The molecule has 1 aromatic rings. The lowest BCUT2D eigenvalue weighted by atomic mass is 10.1. The third-order valence-electron chi connectivity index (χ3n) is 4.56. The van der Waals surface area contributed by atoms with Crippen molar-refractivity contribution < 1.29 is 14.3 Å². The van der Waals surface area contributed by atoms with E-state index in [-0.39, 0.29) is 29.9 Å². The molecule has 0 bridgehead atoms. The first-order chi connectivity index (χ1) is 13.2. The van der Waals surface area contributed by atoms with E-state index in [1.807, 2.05) is 31.2 Å². The summed E-state index contributed by atoms with van der Waals surface area (Å²) in [6, 6.07) is 7.67. The molecule has 0 aliphatic carbocycles. The average molecular weight is 504 g/mol. The van der Waals surface area contributed by atoms with E-state index in [4.69, 9.17) is 9.47 Å². The lowest BCUT2D eigenvalue weighted by Gasteiger charge is -2.22. The zero-order valence-corrected chi connectivity index (χ0v) is 19.4. The van der Waals surface area contributed by atoms with Gasteiger partial charge in [-0.15, -0.1) is 24.0 Å². The number of nitrogens with zero attached hydrogens (tertiary/aromatic N) is 2. The van der Waals surface area contributed by atoms with Crippen molar-refractivity contribution in [1.29, 1.82) is 0 Å². The molecule has 7 nitrogen and oxygen atoms in total. The molecule has 1 saturated heterocycles. The van der Waals surface area contributed by atoms with Crippen LogP contribution in [0.3, 0.4) is 0 Å². The maximum Gasteiger partial charge on any atom is 0.251 e. The summed E-state index contributed by atoms with van der Waals surface area (Å²) in [4.78, 5) is 18.7. The number of ether oxygens (including phenoxy) is 2. The Labute approximate surface area is 185 Å². The lowest BCUT2D eigenvalue weighted by Crippen LogP contribution is -2.39. The van der Waals surface area contributed by atoms with E-state index in [0.717, 1.165) is 37.6 Å². The minimum Gasteiger partial charge on any atom is -0.382 e. The molecular formula is C20H33IN4O3. The second-order valence-electron chi connectivity index (χ2n) is 6.63. The van der Waals surface area contributed by atoms with Crippen LogP contribution in [-0.2, 0) is 16.0 Å². The SMILES string of the molecule is CCNC(=O)c1cccc(CNC(=NC)N2CCC(COCCOC)C2)c1.I. The molecule has 1 aliphatic rings. The molecule has 1 heterocycles. The number of hydrogen-bond acceptors (Lipinski definition) is 4. The highest BCUT2D eigenvalue weighted by Crippen LogP contribution is 2.17. The first-order valence-electron chi connectivity index (χ1n) is 9.57. The number of guanidine groups is 1. The number of carbonyl (C=O) groups excluding carboxylic acids is 1. The predicted octanol–water partition coefficient (Wildman–Crippen LogP) is 2.11. The van der Waals surface area contributed by atoms with E-state index in [9.17, 15) is 4.79 Å². The fourth-order valence-electron chi connectivity index (χ4n) is 3.15. The van der Waals surface area contributed by atoms with Crippen LogP contribution in [0.25, 0.3) is 0 Å². The Bertz CT molecular complexity index is 627. The van der Waals surface area contributed by atoms with Crippen LogP contribution in [0.4, 0.5) is 0 Å². The topological polar surface area (TPSA) is 75.2 Å². The number of methoxy groups -OCH3 is 1. The molecule has 2 N–H and O–H groups in total. The Hall–Kier alpha value is -1.39. The van der Waals surface area contributed by atoms with Crippen LogP contribution in [0.15, 0.2) is 29.3 Å². The third kappa shape index (κ3) is 7.92. The first-order valence-corrected chi connectivity index (χ1v) is 9.57. The molecule has 1 amide bonds. The van der Waals surface area contributed by atoms with E-state index < -0.39 is 0 Å². The van der Waals surface area contributed by atoms with Crippen molar-refractivity contribution in [3.8, 4) is 0 Å². The van der Waals surface area contributed by atoms with Gasteiger partial charge in [0.15, 0.2) is 5.96 Å². The summed E-state index contributed by atoms with van der Waals surface area (Å²) in [5, 5.41) is 6.23. The Morgan fingerprint density at radius 1 is 1.32 bits per heavy atom. The van der Waals surface area contributed by atoms with Gasteiger partial charge in [0.2, 0.25) is 0 Å². The molecular weight excluding hydrogens is 471 g/mol. The van der Waals surface area contributed by atoms with Crippen molar-refractivity contribution in [2.45, 2.75) is 19.9 Å². The Morgan fingerprint density at radius 2 is 2.14 bits per heavy atom. The lowest BCUT2D eigenvalue weighted by molar-refractivity contribution is 0.0536. The smallest absolute Gasteiger partial charge is 0.251 e. The van der Waals surface area contributed by atoms with E-state index in [1.54, 1.807) is 14.2 Å². The van der Waals surface area contributed by atoms with Crippen molar-refractivity contribution >= 4 is 35.8 Å². The van der Waals surface area contributed by atoms with Gasteiger partial charge in [0, 0.05) is 51.8 Å². The summed E-state index contributed by atoms with van der Waals surface area (Å²) in [6.07, 6.45) is 1.10. The van der Waals surface area contributed by atoms with Gasteiger partial charge >= 0.3 is 0 Å². The van der Waals surface area contributed by atoms with E-state index >= 15 is 0 Å². The van der Waals surface area contributed by atoms with Crippen LogP contribution in [-0.4, -0.2) is 70.4 Å². The highest BCUT2D eigenvalue weighted by atomic mass is 127. The number of rotatable bonds is 9. The first kappa shape index (κ1) is 24.6. The molecule has 158 valence electrons. The number of carbonyl (C=O) groups is 1. The molecule has 1 atom stereocenters. The molecule has 1 unspecified atom stereocenters. The number of amides is 1. The number of benzene rings is 1.